The Morgan fingerprint density at radius 1 is 1.06 bits per heavy atom. The molecule has 0 aliphatic heterocycles. The van der Waals surface area contributed by atoms with Crippen molar-refractivity contribution < 1.29 is 18.9 Å². The van der Waals surface area contributed by atoms with E-state index < -0.39 is 22.3 Å². The fraction of sp³-hybridized carbons (Fsp3) is 0.136. The molecule has 162 valence electrons. The number of nitrogens with one attached hydrogen (secondary N) is 3. The second-order valence-corrected chi connectivity index (χ2v) is 7.60. The van der Waals surface area contributed by atoms with E-state index in [-0.39, 0.29) is 28.4 Å². The highest BCUT2D eigenvalue weighted by atomic mass is 16.6. The van der Waals surface area contributed by atoms with E-state index in [1.165, 1.54) is 30.3 Å². The number of para-hydroxylation sites is 1. The number of hydrogen-bond acceptors (Lipinski definition) is 6. The predicted octanol–water partition coefficient (Wildman–Crippen LogP) is 3.98. The minimum Gasteiger partial charge on any atom is -0.445 e. The molecule has 2 amide bonds. The number of aromatic amines is 1. The molecular formula is C22H19N5O5. The molecule has 0 spiro atoms. The molecule has 0 bridgehead atoms. The van der Waals surface area contributed by atoms with Crippen LogP contribution in [0.5, 0.6) is 0 Å². The first-order chi connectivity index (χ1) is 15.3. The normalized spacial score (nSPS) is 11.3. The minimum absolute atomic E-state index is 0.0181. The number of hydrogen-bond donors (Lipinski definition) is 3. The second kappa shape index (κ2) is 7.99. The highest BCUT2D eigenvalue weighted by Gasteiger charge is 2.27. The number of H-pyrrole nitrogens is 1. The standard InChI is InChI=1S/C22H19N5O5/c1-22(2,13-8-4-3-5-9-13)24-21(29)17-12-15-18(32-17)19(26-25-15)23-20(28)14-10-6-7-11-16(14)27(30)31/h3-12H,1-2H3,(H,24,29)(H2,23,25,26,28). The molecule has 3 N–H and O–H groups in total. The topological polar surface area (TPSA) is 143 Å². The van der Waals surface area contributed by atoms with E-state index in [0.717, 1.165) is 5.56 Å². The molecule has 0 saturated carbocycles. The average molecular weight is 433 g/mol. The zero-order valence-corrected chi connectivity index (χ0v) is 17.2. The fourth-order valence-corrected chi connectivity index (χ4v) is 3.29. The summed E-state index contributed by atoms with van der Waals surface area (Å²) in [6, 6.07) is 16.5. The summed E-state index contributed by atoms with van der Waals surface area (Å²) in [6.45, 7) is 3.74. The van der Waals surface area contributed by atoms with Crippen molar-refractivity contribution in [2.75, 3.05) is 5.32 Å². The van der Waals surface area contributed by atoms with Crippen molar-refractivity contribution in [1.29, 1.82) is 0 Å². The van der Waals surface area contributed by atoms with Gasteiger partial charge in [-0.3, -0.25) is 24.8 Å². The van der Waals surface area contributed by atoms with Gasteiger partial charge in [0.05, 0.1) is 10.5 Å². The summed E-state index contributed by atoms with van der Waals surface area (Å²) in [7, 11) is 0. The lowest BCUT2D eigenvalue weighted by Crippen LogP contribution is -2.40. The van der Waals surface area contributed by atoms with Crippen LogP contribution in [0.1, 0.15) is 40.3 Å². The van der Waals surface area contributed by atoms with Crippen LogP contribution in [-0.2, 0) is 5.54 Å². The molecule has 2 aromatic carbocycles. The van der Waals surface area contributed by atoms with Crippen LogP contribution >= 0.6 is 0 Å². The van der Waals surface area contributed by atoms with Crippen molar-refractivity contribution in [2.45, 2.75) is 19.4 Å². The molecule has 0 unspecified atom stereocenters. The predicted molar refractivity (Wildman–Crippen MR) is 116 cm³/mol. The third-order valence-corrected chi connectivity index (χ3v) is 4.96. The Kier molecular flexibility index (Phi) is 5.19. The van der Waals surface area contributed by atoms with Crippen LogP contribution in [0, 0.1) is 10.1 Å². The zero-order chi connectivity index (χ0) is 22.9. The van der Waals surface area contributed by atoms with E-state index in [1.54, 1.807) is 0 Å². The summed E-state index contributed by atoms with van der Waals surface area (Å²) in [5.41, 5.74) is 0.359. The maximum atomic E-state index is 12.8. The van der Waals surface area contributed by atoms with Gasteiger partial charge in [0.2, 0.25) is 0 Å². The van der Waals surface area contributed by atoms with Crippen molar-refractivity contribution in [3.8, 4) is 0 Å². The first-order valence-electron chi connectivity index (χ1n) is 9.67. The Morgan fingerprint density at radius 2 is 1.75 bits per heavy atom. The van der Waals surface area contributed by atoms with Gasteiger partial charge in [-0.2, -0.15) is 5.10 Å². The molecule has 32 heavy (non-hydrogen) atoms. The summed E-state index contributed by atoms with van der Waals surface area (Å²) in [5, 5.41) is 23.2. The van der Waals surface area contributed by atoms with E-state index in [2.05, 4.69) is 20.8 Å². The van der Waals surface area contributed by atoms with Gasteiger partial charge < -0.3 is 15.1 Å². The number of nitrogens with zero attached hydrogens (tertiary/aromatic N) is 2. The van der Waals surface area contributed by atoms with Gasteiger partial charge in [0.25, 0.3) is 17.5 Å². The highest BCUT2D eigenvalue weighted by Crippen LogP contribution is 2.27. The number of benzene rings is 2. The summed E-state index contributed by atoms with van der Waals surface area (Å²) in [6.07, 6.45) is 0. The number of anilines is 1. The number of carbonyl (C=O) groups excluding carboxylic acids is 2. The third-order valence-electron chi connectivity index (χ3n) is 4.96. The van der Waals surface area contributed by atoms with Crippen molar-refractivity contribution in [1.82, 2.24) is 15.5 Å². The lowest BCUT2D eigenvalue weighted by atomic mass is 9.94. The third kappa shape index (κ3) is 3.93. The van der Waals surface area contributed by atoms with Crippen molar-refractivity contribution in [3.63, 3.8) is 0 Å². The SMILES string of the molecule is CC(C)(NC(=O)c1cc2[nH]nc(NC(=O)c3ccccc3[N+](=O)[O-])c2o1)c1ccccc1. The number of amides is 2. The molecule has 4 aromatic rings. The summed E-state index contributed by atoms with van der Waals surface area (Å²) in [4.78, 5) is 35.9. The smallest absolute Gasteiger partial charge is 0.287 e. The van der Waals surface area contributed by atoms with Crippen LogP contribution < -0.4 is 10.6 Å². The molecule has 0 radical (unpaired) electrons. The molecule has 10 nitrogen and oxygen atoms in total. The largest absolute Gasteiger partial charge is 0.445 e. The molecule has 0 aliphatic carbocycles. The van der Waals surface area contributed by atoms with Crippen molar-refractivity contribution in [3.05, 3.63) is 87.7 Å². The fourth-order valence-electron chi connectivity index (χ4n) is 3.29. The molecule has 0 fully saturated rings. The van der Waals surface area contributed by atoms with Gasteiger partial charge in [-0.05, 0) is 25.5 Å². The quantitative estimate of drug-likeness (QED) is 0.310. The molecule has 0 aliphatic rings. The maximum absolute atomic E-state index is 12.8. The number of furan rings is 1. The monoisotopic (exact) mass is 433 g/mol. The van der Waals surface area contributed by atoms with E-state index in [4.69, 9.17) is 4.42 Å². The summed E-state index contributed by atoms with van der Waals surface area (Å²) < 4.78 is 5.64. The number of nitro benzene ring substituents is 1. The van der Waals surface area contributed by atoms with E-state index in [0.29, 0.717) is 5.52 Å². The lowest BCUT2D eigenvalue weighted by Gasteiger charge is -2.26. The lowest BCUT2D eigenvalue weighted by molar-refractivity contribution is -0.385. The highest BCUT2D eigenvalue weighted by molar-refractivity contribution is 6.09. The van der Waals surface area contributed by atoms with Gasteiger partial charge in [-0.25, -0.2) is 0 Å². The second-order valence-electron chi connectivity index (χ2n) is 7.60. The summed E-state index contributed by atoms with van der Waals surface area (Å²) in [5.74, 6) is -1.12. The Bertz CT molecular complexity index is 1320. The van der Waals surface area contributed by atoms with Crippen LogP contribution in [0.25, 0.3) is 11.1 Å². The molecule has 4 rings (SSSR count). The van der Waals surface area contributed by atoms with Gasteiger partial charge >= 0.3 is 0 Å². The van der Waals surface area contributed by atoms with Crippen LogP contribution in [0.2, 0.25) is 0 Å². The zero-order valence-electron chi connectivity index (χ0n) is 17.2. The molecular weight excluding hydrogens is 414 g/mol. The molecule has 2 heterocycles. The van der Waals surface area contributed by atoms with E-state index in [1.807, 2.05) is 44.2 Å². The van der Waals surface area contributed by atoms with Gasteiger partial charge in [-0.1, -0.05) is 42.5 Å². The Morgan fingerprint density at radius 3 is 2.47 bits per heavy atom. The number of nitro groups is 1. The molecule has 0 saturated heterocycles. The Balaban J connectivity index is 1.56. The van der Waals surface area contributed by atoms with Crippen molar-refractivity contribution >= 4 is 34.4 Å². The van der Waals surface area contributed by atoms with Crippen LogP contribution in [0.15, 0.2) is 65.1 Å². The first kappa shape index (κ1) is 20.8. The van der Waals surface area contributed by atoms with E-state index in [9.17, 15) is 19.7 Å². The maximum Gasteiger partial charge on any atom is 0.287 e. The average Bonchev–Trinajstić information content (AvgIpc) is 3.36. The Hall–Kier alpha value is -4.47. The van der Waals surface area contributed by atoms with Gasteiger partial charge in [0.15, 0.2) is 17.2 Å². The minimum atomic E-state index is -0.724. The number of carbonyl (C=O) groups is 2. The number of aromatic nitrogens is 2. The number of rotatable bonds is 6. The van der Waals surface area contributed by atoms with Crippen molar-refractivity contribution in [2.24, 2.45) is 0 Å². The van der Waals surface area contributed by atoms with Crippen LogP contribution in [0.3, 0.4) is 0 Å². The Labute approximate surface area is 181 Å². The van der Waals surface area contributed by atoms with Gasteiger partial charge in [0.1, 0.15) is 11.1 Å². The molecule has 0 atom stereocenters. The van der Waals surface area contributed by atoms with Gasteiger partial charge in [-0.15, -0.1) is 0 Å². The van der Waals surface area contributed by atoms with E-state index >= 15 is 0 Å². The molecule has 10 heteroatoms. The molecule has 2 aromatic heterocycles. The van der Waals surface area contributed by atoms with Gasteiger partial charge in [0, 0.05) is 12.1 Å². The van der Waals surface area contributed by atoms with Crippen LogP contribution in [0.4, 0.5) is 11.5 Å². The number of fused-ring (bicyclic) bond motifs is 1. The summed E-state index contributed by atoms with van der Waals surface area (Å²) >= 11 is 0. The first-order valence-corrected chi connectivity index (χ1v) is 9.67. The van der Waals surface area contributed by atoms with Crippen LogP contribution in [-0.4, -0.2) is 26.9 Å².